The minimum Gasteiger partial charge on any atom is -0.352 e. The first-order valence-electron chi connectivity index (χ1n) is 7.62. The first-order chi connectivity index (χ1) is 11.0. The van der Waals surface area contributed by atoms with E-state index < -0.39 is 0 Å². The van der Waals surface area contributed by atoms with Crippen molar-refractivity contribution in [2.45, 2.75) is 20.4 Å². The number of nitrogens with zero attached hydrogens (tertiary/aromatic N) is 2. The van der Waals surface area contributed by atoms with E-state index in [1.807, 2.05) is 25.4 Å². The van der Waals surface area contributed by atoms with Gasteiger partial charge >= 0.3 is 0 Å². The normalized spacial score (nSPS) is 10.8. The smallest absolute Gasteiger partial charge is 0.203 e. The Kier molecular flexibility index (Phi) is 4.53. The number of benzene rings is 2. The van der Waals surface area contributed by atoms with E-state index in [1.165, 1.54) is 22.3 Å². The van der Waals surface area contributed by atoms with Gasteiger partial charge in [-0.1, -0.05) is 40.2 Å². The number of aryl methyl sites for hydroxylation is 2. The molecule has 0 atom stereocenters. The summed E-state index contributed by atoms with van der Waals surface area (Å²) in [6, 6.07) is 14.8. The lowest BCUT2D eigenvalue weighted by Gasteiger charge is -2.10. The van der Waals surface area contributed by atoms with Gasteiger partial charge in [-0.15, -0.1) is 0 Å². The van der Waals surface area contributed by atoms with Crippen molar-refractivity contribution in [2.75, 3.05) is 5.32 Å². The summed E-state index contributed by atoms with van der Waals surface area (Å²) >= 11 is 3.50. The van der Waals surface area contributed by atoms with Crippen LogP contribution in [0.2, 0.25) is 0 Å². The van der Waals surface area contributed by atoms with Crippen molar-refractivity contribution in [2.24, 2.45) is 7.05 Å². The Labute approximate surface area is 145 Å². The first-order valence-corrected chi connectivity index (χ1v) is 8.41. The molecular formula is C19H20BrN3. The summed E-state index contributed by atoms with van der Waals surface area (Å²) in [7, 11) is 2.04. The monoisotopic (exact) mass is 369 g/mol. The number of halogens is 1. The highest BCUT2D eigenvalue weighted by atomic mass is 79.9. The van der Waals surface area contributed by atoms with Crippen LogP contribution in [0, 0.1) is 13.8 Å². The fourth-order valence-corrected chi connectivity index (χ4v) is 3.02. The second-order valence-electron chi connectivity index (χ2n) is 5.81. The van der Waals surface area contributed by atoms with Crippen molar-refractivity contribution in [1.29, 1.82) is 0 Å². The molecule has 0 amide bonds. The zero-order valence-electron chi connectivity index (χ0n) is 13.6. The molecule has 3 aromatic rings. The largest absolute Gasteiger partial charge is 0.352 e. The number of anilines is 1. The van der Waals surface area contributed by atoms with E-state index in [-0.39, 0.29) is 0 Å². The Morgan fingerprint density at radius 2 is 1.91 bits per heavy atom. The summed E-state index contributed by atoms with van der Waals surface area (Å²) in [5, 5.41) is 3.40. The van der Waals surface area contributed by atoms with E-state index >= 15 is 0 Å². The van der Waals surface area contributed by atoms with Crippen LogP contribution in [-0.4, -0.2) is 9.55 Å². The summed E-state index contributed by atoms with van der Waals surface area (Å²) in [5.41, 5.74) is 6.13. The van der Waals surface area contributed by atoms with E-state index in [2.05, 4.69) is 75.0 Å². The third-order valence-electron chi connectivity index (χ3n) is 4.13. The highest BCUT2D eigenvalue weighted by Crippen LogP contribution is 2.24. The fourth-order valence-electron chi connectivity index (χ4n) is 2.57. The Morgan fingerprint density at radius 3 is 2.65 bits per heavy atom. The molecule has 0 aliphatic heterocycles. The standard InChI is InChI=1S/C19H20BrN3/c1-13-7-8-16(9-14(13)2)18-12-22-19(23(18)3)21-11-15-5-4-6-17(20)10-15/h4-10,12H,11H2,1-3H3,(H,21,22). The lowest BCUT2D eigenvalue weighted by molar-refractivity contribution is 0.906. The summed E-state index contributed by atoms with van der Waals surface area (Å²) < 4.78 is 3.19. The first kappa shape index (κ1) is 15.8. The number of rotatable bonds is 4. The molecule has 118 valence electrons. The summed E-state index contributed by atoms with van der Waals surface area (Å²) in [6.07, 6.45) is 1.92. The summed E-state index contributed by atoms with van der Waals surface area (Å²) in [4.78, 5) is 4.52. The maximum absolute atomic E-state index is 4.52. The SMILES string of the molecule is Cc1ccc(-c2cnc(NCc3cccc(Br)c3)n2C)cc1C. The van der Waals surface area contributed by atoms with E-state index in [4.69, 9.17) is 0 Å². The second kappa shape index (κ2) is 6.59. The molecule has 0 bridgehead atoms. The minimum absolute atomic E-state index is 0.747. The molecule has 3 nitrogen and oxygen atoms in total. The van der Waals surface area contributed by atoms with Crippen molar-refractivity contribution in [3.63, 3.8) is 0 Å². The van der Waals surface area contributed by atoms with Gasteiger partial charge in [-0.3, -0.25) is 0 Å². The molecule has 0 aliphatic rings. The van der Waals surface area contributed by atoms with Crippen LogP contribution < -0.4 is 5.32 Å². The number of imidazole rings is 1. The van der Waals surface area contributed by atoms with Gasteiger partial charge in [0.1, 0.15) is 0 Å². The quantitative estimate of drug-likeness (QED) is 0.694. The molecule has 4 heteroatoms. The van der Waals surface area contributed by atoms with Gasteiger partial charge in [0.15, 0.2) is 0 Å². The third kappa shape index (κ3) is 3.48. The number of nitrogens with one attached hydrogen (secondary N) is 1. The van der Waals surface area contributed by atoms with Gasteiger partial charge in [0, 0.05) is 23.6 Å². The lowest BCUT2D eigenvalue weighted by atomic mass is 10.0. The van der Waals surface area contributed by atoms with Crippen molar-refractivity contribution in [3.05, 3.63) is 69.8 Å². The molecule has 0 saturated carbocycles. The van der Waals surface area contributed by atoms with Crippen LogP contribution in [-0.2, 0) is 13.6 Å². The highest BCUT2D eigenvalue weighted by molar-refractivity contribution is 9.10. The van der Waals surface area contributed by atoms with Crippen LogP contribution in [0.4, 0.5) is 5.95 Å². The van der Waals surface area contributed by atoms with Crippen LogP contribution >= 0.6 is 15.9 Å². The topological polar surface area (TPSA) is 29.9 Å². The Morgan fingerprint density at radius 1 is 1.09 bits per heavy atom. The van der Waals surface area contributed by atoms with Gasteiger partial charge < -0.3 is 9.88 Å². The summed E-state index contributed by atoms with van der Waals surface area (Å²) in [6.45, 7) is 5.02. The maximum Gasteiger partial charge on any atom is 0.203 e. The molecule has 0 aliphatic carbocycles. The molecule has 0 unspecified atom stereocenters. The van der Waals surface area contributed by atoms with Gasteiger partial charge in [0.05, 0.1) is 11.9 Å². The van der Waals surface area contributed by atoms with E-state index in [0.29, 0.717) is 0 Å². The van der Waals surface area contributed by atoms with Crippen LogP contribution in [0.15, 0.2) is 53.1 Å². The zero-order valence-corrected chi connectivity index (χ0v) is 15.2. The average Bonchev–Trinajstić information content (AvgIpc) is 2.89. The van der Waals surface area contributed by atoms with Crippen LogP contribution in [0.1, 0.15) is 16.7 Å². The molecule has 0 fully saturated rings. The van der Waals surface area contributed by atoms with Crippen LogP contribution in [0.5, 0.6) is 0 Å². The van der Waals surface area contributed by atoms with Crippen LogP contribution in [0.25, 0.3) is 11.3 Å². The molecule has 0 radical (unpaired) electrons. The molecule has 2 aromatic carbocycles. The van der Waals surface area contributed by atoms with Crippen LogP contribution in [0.3, 0.4) is 0 Å². The zero-order chi connectivity index (χ0) is 16.4. The Balaban J connectivity index is 1.80. The van der Waals surface area contributed by atoms with Gasteiger partial charge in [0.25, 0.3) is 0 Å². The summed E-state index contributed by atoms with van der Waals surface area (Å²) in [5.74, 6) is 0.873. The van der Waals surface area contributed by atoms with Crippen molar-refractivity contribution in [3.8, 4) is 11.3 Å². The molecule has 23 heavy (non-hydrogen) atoms. The van der Waals surface area contributed by atoms with E-state index in [0.717, 1.165) is 22.7 Å². The fraction of sp³-hybridized carbons (Fsp3) is 0.211. The average molecular weight is 370 g/mol. The van der Waals surface area contributed by atoms with Gasteiger partial charge in [0.2, 0.25) is 5.95 Å². The third-order valence-corrected chi connectivity index (χ3v) is 4.62. The molecule has 3 rings (SSSR count). The molecular weight excluding hydrogens is 350 g/mol. The number of aromatic nitrogens is 2. The van der Waals surface area contributed by atoms with Gasteiger partial charge in [-0.2, -0.15) is 0 Å². The Bertz CT molecular complexity index is 836. The number of hydrogen-bond donors (Lipinski definition) is 1. The number of hydrogen-bond acceptors (Lipinski definition) is 2. The molecule has 0 saturated heterocycles. The lowest BCUT2D eigenvalue weighted by Crippen LogP contribution is -2.05. The van der Waals surface area contributed by atoms with Crippen molar-refractivity contribution in [1.82, 2.24) is 9.55 Å². The van der Waals surface area contributed by atoms with Crippen molar-refractivity contribution >= 4 is 21.9 Å². The maximum atomic E-state index is 4.52. The molecule has 1 aromatic heterocycles. The highest BCUT2D eigenvalue weighted by Gasteiger charge is 2.09. The molecule has 1 heterocycles. The molecule has 1 N–H and O–H groups in total. The predicted octanol–water partition coefficient (Wildman–Crippen LogP) is 5.08. The minimum atomic E-state index is 0.747. The van der Waals surface area contributed by atoms with E-state index in [1.54, 1.807) is 0 Å². The van der Waals surface area contributed by atoms with E-state index in [9.17, 15) is 0 Å². The van der Waals surface area contributed by atoms with Crippen molar-refractivity contribution < 1.29 is 0 Å². The predicted molar refractivity (Wildman–Crippen MR) is 99.6 cm³/mol. The molecule has 0 spiro atoms. The van der Waals surface area contributed by atoms with Gasteiger partial charge in [-0.25, -0.2) is 4.98 Å². The second-order valence-corrected chi connectivity index (χ2v) is 6.72. The Hall–Kier alpha value is -2.07. The van der Waals surface area contributed by atoms with Gasteiger partial charge in [-0.05, 0) is 48.7 Å².